The fourth-order valence-corrected chi connectivity index (χ4v) is 4.89. The second-order valence-electron chi connectivity index (χ2n) is 7.41. The topological polar surface area (TPSA) is 54.6 Å². The normalized spacial score (nSPS) is 27.2. The van der Waals surface area contributed by atoms with Crippen molar-refractivity contribution in [3.05, 3.63) is 52.5 Å². The number of hydrogen-bond acceptors (Lipinski definition) is 3. The molecule has 0 saturated carbocycles. The standard InChI is InChI=1S/C20H18ClNO3/c1-19-9-10-20(2,25-19)16-15(19)17(23)22(18(16)24)14-8-4-5-11-12(14)6-3-7-13(11)21/h3-8,23-24H,9-10H2,1-2H3. The minimum Gasteiger partial charge on any atom is -0.494 e. The summed E-state index contributed by atoms with van der Waals surface area (Å²) in [6, 6.07) is 11.3. The third kappa shape index (κ3) is 1.71. The lowest BCUT2D eigenvalue weighted by molar-refractivity contribution is -0.0683. The molecule has 5 heteroatoms. The molecule has 1 saturated heterocycles. The van der Waals surface area contributed by atoms with E-state index >= 15 is 0 Å². The summed E-state index contributed by atoms with van der Waals surface area (Å²) in [6.07, 6.45) is 1.66. The number of ether oxygens (including phenoxy) is 1. The van der Waals surface area contributed by atoms with Gasteiger partial charge in [0.25, 0.3) is 0 Å². The van der Waals surface area contributed by atoms with Gasteiger partial charge in [0.05, 0.1) is 28.0 Å². The molecule has 3 aromatic rings. The van der Waals surface area contributed by atoms with Gasteiger partial charge in [-0.05, 0) is 38.8 Å². The molecule has 2 aromatic carbocycles. The lowest BCUT2D eigenvalue weighted by atomic mass is 9.80. The summed E-state index contributed by atoms with van der Waals surface area (Å²) in [5.41, 5.74) is 1.00. The number of benzene rings is 2. The van der Waals surface area contributed by atoms with Crippen molar-refractivity contribution < 1.29 is 14.9 Å². The van der Waals surface area contributed by atoms with Gasteiger partial charge in [0.1, 0.15) is 0 Å². The molecule has 0 spiro atoms. The predicted molar refractivity (Wildman–Crippen MR) is 96.6 cm³/mol. The van der Waals surface area contributed by atoms with E-state index in [2.05, 4.69) is 0 Å². The van der Waals surface area contributed by atoms with Crippen LogP contribution in [0.25, 0.3) is 16.5 Å². The molecule has 2 N–H and O–H groups in total. The molecule has 1 fully saturated rings. The summed E-state index contributed by atoms with van der Waals surface area (Å²) in [6.45, 7) is 3.96. The quantitative estimate of drug-likeness (QED) is 0.649. The van der Waals surface area contributed by atoms with Gasteiger partial charge in [-0.2, -0.15) is 0 Å². The van der Waals surface area contributed by atoms with Gasteiger partial charge < -0.3 is 14.9 Å². The van der Waals surface area contributed by atoms with E-state index < -0.39 is 11.2 Å². The van der Waals surface area contributed by atoms with Crippen molar-refractivity contribution in [2.24, 2.45) is 0 Å². The fourth-order valence-electron chi connectivity index (χ4n) is 4.66. The molecular formula is C20H18ClNO3. The molecule has 128 valence electrons. The van der Waals surface area contributed by atoms with Crippen LogP contribution in [0.2, 0.25) is 5.02 Å². The van der Waals surface area contributed by atoms with E-state index in [1.807, 2.05) is 50.2 Å². The summed E-state index contributed by atoms with van der Waals surface area (Å²) >= 11 is 6.32. The second kappa shape index (κ2) is 4.51. The van der Waals surface area contributed by atoms with Crippen LogP contribution in [-0.2, 0) is 15.9 Å². The molecule has 2 atom stereocenters. The fraction of sp³-hybridized carbons (Fsp3) is 0.300. The highest BCUT2D eigenvalue weighted by atomic mass is 35.5. The van der Waals surface area contributed by atoms with Crippen LogP contribution in [0.5, 0.6) is 11.8 Å². The van der Waals surface area contributed by atoms with Crippen molar-refractivity contribution in [1.82, 2.24) is 4.57 Å². The third-order valence-electron chi connectivity index (χ3n) is 5.79. The SMILES string of the molecule is CC12CCC(C)(O1)c1c2c(O)n(-c2cccc3c(Cl)cccc23)c1O. The molecule has 1 aromatic heterocycles. The Hall–Kier alpha value is -2.17. The molecule has 2 unspecified atom stereocenters. The Morgan fingerprint density at radius 1 is 0.920 bits per heavy atom. The first kappa shape index (κ1) is 15.1. The molecule has 2 aliphatic rings. The summed E-state index contributed by atoms with van der Waals surface area (Å²) in [5.74, 6) is 0.0943. The van der Waals surface area contributed by atoms with E-state index in [0.29, 0.717) is 21.8 Å². The first-order chi connectivity index (χ1) is 11.9. The van der Waals surface area contributed by atoms with Crippen LogP contribution in [0.4, 0.5) is 0 Å². The minimum atomic E-state index is -0.556. The van der Waals surface area contributed by atoms with Crippen LogP contribution < -0.4 is 0 Å². The molecule has 0 amide bonds. The summed E-state index contributed by atoms with van der Waals surface area (Å²) in [7, 11) is 0. The third-order valence-corrected chi connectivity index (χ3v) is 6.12. The zero-order valence-electron chi connectivity index (χ0n) is 14.0. The molecule has 2 bridgehead atoms. The lowest BCUT2D eigenvalue weighted by Gasteiger charge is -2.21. The van der Waals surface area contributed by atoms with E-state index in [-0.39, 0.29) is 11.8 Å². The van der Waals surface area contributed by atoms with Crippen LogP contribution >= 0.6 is 11.6 Å². The summed E-state index contributed by atoms with van der Waals surface area (Å²) in [5, 5.41) is 24.4. The minimum absolute atomic E-state index is 0.0471. The van der Waals surface area contributed by atoms with E-state index in [1.165, 1.54) is 4.57 Å². The van der Waals surface area contributed by atoms with Crippen LogP contribution in [0.15, 0.2) is 36.4 Å². The van der Waals surface area contributed by atoms with E-state index in [9.17, 15) is 10.2 Å². The Morgan fingerprint density at radius 2 is 1.48 bits per heavy atom. The zero-order valence-corrected chi connectivity index (χ0v) is 14.8. The highest BCUT2D eigenvalue weighted by molar-refractivity contribution is 6.35. The van der Waals surface area contributed by atoms with E-state index in [1.54, 1.807) is 0 Å². The van der Waals surface area contributed by atoms with Crippen molar-refractivity contribution in [2.75, 3.05) is 0 Å². The van der Waals surface area contributed by atoms with E-state index in [0.717, 1.165) is 23.6 Å². The van der Waals surface area contributed by atoms with Gasteiger partial charge in [-0.25, -0.2) is 0 Å². The van der Waals surface area contributed by atoms with Crippen LogP contribution in [0.3, 0.4) is 0 Å². The van der Waals surface area contributed by atoms with Crippen molar-refractivity contribution in [2.45, 2.75) is 37.9 Å². The highest BCUT2D eigenvalue weighted by Gasteiger charge is 2.59. The summed E-state index contributed by atoms with van der Waals surface area (Å²) in [4.78, 5) is 0. The van der Waals surface area contributed by atoms with Gasteiger partial charge >= 0.3 is 0 Å². The van der Waals surface area contributed by atoms with Gasteiger partial charge in [-0.15, -0.1) is 0 Å². The molecule has 4 nitrogen and oxygen atoms in total. The maximum atomic E-state index is 11.0. The number of halogens is 1. The molecule has 0 radical (unpaired) electrons. The van der Waals surface area contributed by atoms with Crippen LogP contribution in [0, 0.1) is 0 Å². The van der Waals surface area contributed by atoms with Crippen LogP contribution in [0.1, 0.15) is 37.8 Å². The van der Waals surface area contributed by atoms with Gasteiger partial charge in [-0.1, -0.05) is 35.9 Å². The molecular weight excluding hydrogens is 338 g/mol. The second-order valence-corrected chi connectivity index (χ2v) is 7.82. The van der Waals surface area contributed by atoms with Crippen LogP contribution in [-0.4, -0.2) is 14.8 Å². The van der Waals surface area contributed by atoms with Crippen molar-refractivity contribution in [3.8, 4) is 17.4 Å². The van der Waals surface area contributed by atoms with Crippen molar-refractivity contribution in [1.29, 1.82) is 0 Å². The number of aromatic hydroxyl groups is 2. The number of rotatable bonds is 1. The Balaban J connectivity index is 1.87. The molecule has 0 aliphatic carbocycles. The van der Waals surface area contributed by atoms with Gasteiger partial charge in [0.15, 0.2) is 0 Å². The van der Waals surface area contributed by atoms with Gasteiger partial charge in [0.2, 0.25) is 11.8 Å². The maximum absolute atomic E-state index is 11.0. The number of fused-ring (bicyclic) bond motifs is 6. The van der Waals surface area contributed by atoms with Gasteiger partial charge in [0, 0.05) is 15.8 Å². The monoisotopic (exact) mass is 355 g/mol. The predicted octanol–water partition coefficient (Wildman–Crippen LogP) is 4.95. The molecule has 3 heterocycles. The Labute approximate surface area is 150 Å². The number of nitrogens with zero attached hydrogens (tertiary/aromatic N) is 1. The molecule has 5 rings (SSSR count). The van der Waals surface area contributed by atoms with Crippen molar-refractivity contribution in [3.63, 3.8) is 0 Å². The Bertz CT molecular complexity index is 1020. The molecule has 25 heavy (non-hydrogen) atoms. The summed E-state index contributed by atoms with van der Waals surface area (Å²) < 4.78 is 7.68. The smallest absolute Gasteiger partial charge is 0.205 e. The first-order valence-electron chi connectivity index (χ1n) is 8.41. The maximum Gasteiger partial charge on any atom is 0.205 e. The Morgan fingerprint density at radius 3 is 2.12 bits per heavy atom. The Kier molecular flexibility index (Phi) is 2.73. The molecule has 2 aliphatic heterocycles. The average molecular weight is 356 g/mol. The number of aromatic nitrogens is 1. The highest BCUT2D eigenvalue weighted by Crippen LogP contribution is 2.64. The zero-order chi connectivity index (χ0) is 17.6. The van der Waals surface area contributed by atoms with E-state index in [4.69, 9.17) is 16.3 Å². The lowest BCUT2D eigenvalue weighted by Crippen LogP contribution is -2.17. The largest absolute Gasteiger partial charge is 0.494 e. The number of hydrogen-bond donors (Lipinski definition) is 2. The first-order valence-corrected chi connectivity index (χ1v) is 8.79. The average Bonchev–Trinajstić information content (AvgIpc) is 3.12. The van der Waals surface area contributed by atoms with Gasteiger partial charge in [-0.3, -0.25) is 4.57 Å². The van der Waals surface area contributed by atoms with Crippen molar-refractivity contribution >= 4 is 22.4 Å².